The molecule has 6 heteroatoms. The molecule has 2 heterocycles. The Balaban J connectivity index is 2.01. The van der Waals surface area contributed by atoms with Gasteiger partial charge in [0.25, 0.3) is 10.0 Å². The quantitative estimate of drug-likeness (QED) is 0.521. The number of fused-ring (bicyclic) bond motifs is 1. The van der Waals surface area contributed by atoms with Crippen LogP contribution in [0.15, 0.2) is 90.1 Å². The first kappa shape index (κ1) is 16.2. The minimum absolute atomic E-state index is 0.0862. The minimum atomic E-state index is -3.95. The number of carbonyl (C=O) groups excluding carboxylic acids is 1. The number of pyridine rings is 1. The SMILES string of the molecule is O=C(c1ccccc1)c1cc2ccncc2n1S(=O)(=O)c1ccccc1. The topological polar surface area (TPSA) is 69.0 Å². The maximum Gasteiger partial charge on any atom is 0.268 e. The predicted octanol–water partition coefficient (Wildman–Crippen LogP) is 3.50. The zero-order valence-corrected chi connectivity index (χ0v) is 14.4. The van der Waals surface area contributed by atoms with Gasteiger partial charge in [-0.2, -0.15) is 0 Å². The van der Waals surface area contributed by atoms with Crippen LogP contribution < -0.4 is 0 Å². The van der Waals surface area contributed by atoms with Gasteiger partial charge in [0.05, 0.1) is 16.6 Å². The van der Waals surface area contributed by atoms with E-state index in [1.54, 1.807) is 66.9 Å². The van der Waals surface area contributed by atoms with E-state index >= 15 is 0 Å². The van der Waals surface area contributed by atoms with E-state index in [1.807, 2.05) is 0 Å². The van der Waals surface area contributed by atoms with Gasteiger partial charge < -0.3 is 0 Å². The highest BCUT2D eigenvalue weighted by Crippen LogP contribution is 2.26. The lowest BCUT2D eigenvalue weighted by Crippen LogP contribution is -2.19. The van der Waals surface area contributed by atoms with E-state index in [9.17, 15) is 13.2 Å². The Hall–Kier alpha value is -3.25. The van der Waals surface area contributed by atoms with Crippen molar-refractivity contribution >= 4 is 26.7 Å². The molecule has 0 amide bonds. The molecule has 0 saturated carbocycles. The van der Waals surface area contributed by atoms with Crippen LogP contribution >= 0.6 is 0 Å². The monoisotopic (exact) mass is 362 g/mol. The van der Waals surface area contributed by atoms with Crippen molar-refractivity contribution in [3.05, 3.63) is 96.4 Å². The van der Waals surface area contributed by atoms with Gasteiger partial charge >= 0.3 is 0 Å². The molecule has 0 aliphatic heterocycles. The van der Waals surface area contributed by atoms with E-state index in [4.69, 9.17) is 0 Å². The number of hydrogen-bond acceptors (Lipinski definition) is 4. The van der Waals surface area contributed by atoms with E-state index in [-0.39, 0.29) is 16.4 Å². The zero-order valence-electron chi connectivity index (χ0n) is 13.6. The molecule has 0 saturated heterocycles. The van der Waals surface area contributed by atoms with E-state index < -0.39 is 10.0 Å². The first-order valence-corrected chi connectivity index (χ1v) is 9.39. The summed E-state index contributed by atoms with van der Waals surface area (Å²) in [5.41, 5.74) is 0.881. The van der Waals surface area contributed by atoms with Crippen molar-refractivity contribution in [2.24, 2.45) is 0 Å². The summed E-state index contributed by atoms with van der Waals surface area (Å²) >= 11 is 0. The smallest absolute Gasteiger partial charge is 0.268 e. The normalized spacial score (nSPS) is 11.5. The van der Waals surface area contributed by atoms with E-state index in [0.29, 0.717) is 16.5 Å². The summed E-state index contributed by atoms with van der Waals surface area (Å²) in [6, 6.07) is 20.0. The summed E-state index contributed by atoms with van der Waals surface area (Å²) in [7, 11) is -3.95. The van der Waals surface area contributed by atoms with Gasteiger partial charge in [0, 0.05) is 17.1 Å². The fraction of sp³-hybridized carbons (Fsp3) is 0. The van der Waals surface area contributed by atoms with Crippen molar-refractivity contribution in [2.45, 2.75) is 4.90 Å². The van der Waals surface area contributed by atoms with Gasteiger partial charge in [-0.3, -0.25) is 9.78 Å². The lowest BCUT2D eigenvalue weighted by atomic mass is 10.1. The van der Waals surface area contributed by atoms with Crippen LogP contribution in [0.2, 0.25) is 0 Å². The van der Waals surface area contributed by atoms with E-state index in [1.165, 1.54) is 18.3 Å². The summed E-state index contributed by atoms with van der Waals surface area (Å²) in [5, 5.41) is 0.638. The maximum absolute atomic E-state index is 13.2. The first-order valence-electron chi connectivity index (χ1n) is 7.95. The standard InChI is InChI=1S/C20H14N2O3S/c23-20(15-7-3-1-4-8-15)18-13-16-11-12-21-14-19(16)22(18)26(24,25)17-9-5-2-6-10-17/h1-14H. The molecule has 4 rings (SSSR count). The molecule has 0 N–H and O–H groups in total. The third kappa shape index (κ3) is 2.60. The van der Waals surface area contributed by atoms with Crippen molar-refractivity contribution in [2.75, 3.05) is 0 Å². The molecule has 5 nitrogen and oxygen atoms in total. The van der Waals surface area contributed by atoms with Gasteiger partial charge in [0.2, 0.25) is 5.78 Å². The van der Waals surface area contributed by atoms with Crippen LogP contribution in [0.5, 0.6) is 0 Å². The Morgan fingerprint density at radius 2 is 1.54 bits per heavy atom. The molecule has 0 atom stereocenters. The Morgan fingerprint density at radius 3 is 2.23 bits per heavy atom. The molecule has 0 spiro atoms. The highest BCUT2D eigenvalue weighted by Gasteiger charge is 2.26. The molecule has 2 aromatic carbocycles. The van der Waals surface area contributed by atoms with Crippen molar-refractivity contribution < 1.29 is 13.2 Å². The summed E-state index contributed by atoms with van der Waals surface area (Å²) in [5.74, 6) is -0.360. The number of aromatic nitrogens is 2. The molecule has 0 bridgehead atoms. The van der Waals surface area contributed by atoms with Gasteiger partial charge in [0.15, 0.2) is 0 Å². The van der Waals surface area contributed by atoms with Crippen LogP contribution in [0.1, 0.15) is 16.1 Å². The third-order valence-electron chi connectivity index (χ3n) is 4.11. The molecular formula is C20H14N2O3S. The molecule has 0 radical (unpaired) electrons. The summed E-state index contributed by atoms with van der Waals surface area (Å²) < 4.78 is 27.6. The van der Waals surface area contributed by atoms with Crippen LogP contribution in [-0.4, -0.2) is 23.2 Å². The molecule has 26 heavy (non-hydrogen) atoms. The second-order valence-electron chi connectivity index (χ2n) is 5.74. The fourth-order valence-corrected chi connectivity index (χ4v) is 4.39. The fourth-order valence-electron chi connectivity index (χ4n) is 2.88. The second kappa shape index (κ2) is 6.24. The molecule has 4 aromatic rings. The Morgan fingerprint density at radius 1 is 0.885 bits per heavy atom. The van der Waals surface area contributed by atoms with Crippen molar-refractivity contribution in [1.29, 1.82) is 0 Å². The van der Waals surface area contributed by atoms with Crippen LogP contribution in [0.4, 0.5) is 0 Å². The zero-order chi connectivity index (χ0) is 18.1. The van der Waals surface area contributed by atoms with Crippen molar-refractivity contribution in [1.82, 2.24) is 8.96 Å². The third-order valence-corrected chi connectivity index (χ3v) is 5.85. The summed E-state index contributed by atoms with van der Waals surface area (Å²) in [6.45, 7) is 0. The second-order valence-corrected chi connectivity index (χ2v) is 7.53. The highest BCUT2D eigenvalue weighted by atomic mass is 32.2. The summed E-state index contributed by atoms with van der Waals surface area (Å²) in [4.78, 5) is 17.2. The number of nitrogens with zero attached hydrogens (tertiary/aromatic N) is 2. The van der Waals surface area contributed by atoms with Crippen molar-refractivity contribution in [3.8, 4) is 0 Å². The van der Waals surface area contributed by atoms with E-state index in [0.717, 1.165) is 3.97 Å². The average molecular weight is 362 g/mol. The molecular weight excluding hydrogens is 348 g/mol. The van der Waals surface area contributed by atoms with Gasteiger partial charge in [-0.25, -0.2) is 12.4 Å². The first-order chi connectivity index (χ1) is 12.6. The molecule has 0 aliphatic carbocycles. The Kier molecular flexibility index (Phi) is 3.89. The molecule has 128 valence electrons. The Bertz CT molecular complexity index is 1200. The van der Waals surface area contributed by atoms with Gasteiger partial charge in [-0.05, 0) is 24.3 Å². The van der Waals surface area contributed by atoms with Crippen LogP contribution in [-0.2, 0) is 10.0 Å². The van der Waals surface area contributed by atoms with Crippen LogP contribution in [0.25, 0.3) is 10.9 Å². The highest BCUT2D eigenvalue weighted by molar-refractivity contribution is 7.90. The number of hydrogen-bond donors (Lipinski definition) is 0. The largest absolute Gasteiger partial charge is 0.287 e. The van der Waals surface area contributed by atoms with Crippen molar-refractivity contribution in [3.63, 3.8) is 0 Å². The molecule has 0 aliphatic rings. The van der Waals surface area contributed by atoms with Gasteiger partial charge in [-0.15, -0.1) is 0 Å². The lowest BCUT2D eigenvalue weighted by molar-refractivity contribution is 0.103. The number of ketones is 1. The Labute approximate surface area is 150 Å². The van der Waals surface area contributed by atoms with Gasteiger partial charge in [-0.1, -0.05) is 48.5 Å². The van der Waals surface area contributed by atoms with E-state index in [2.05, 4.69) is 4.98 Å². The number of benzene rings is 2. The molecule has 0 unspecified atom stereocenters. The number of rotatable bonds is 4. The van der Waals surface area contributed by atoms with Crippen LogP contribution in [0, 0.1) is 0 Å². The molecule has 0 fully saturated rings. The predicted molar refractivity (Wildman–Crippen MR) is 98.6 cm³/mol. The van der Waals surface area contributed by atoms with Gasteiger partial charge in [0.1, 0.15) is 5.69 Å². The maximum atomic E-state index is 13.2. The average Bonchev–Trinajstić information content (AvgIpc) is 3.09. The summed E-state index contributed by atoms with van der Waals surface area (Å²) in [6.07, 6.45) is 3.02. The molecule has 2 aromatic heterocycles. The lowest BCUT2D eigenvalue weighted by Gasteiger charge is -2.11. The number of carbonyl (C=O) groups is 1. The minimum Gasteiger partial charge on any atom is -0.287 e. The van der Waals surface area contributed by atoms with Crippen LogP contribution in [0.3, 0.4) is 0 Å².